The van der Waals surface area contributed by atoms with Crippen molar-refractivity contribution >= 4 is 23.4 Å². The van der Waals surface area contributed by atoms with E-state index in [4.69, 9.17) is 22.1 Å². The summed E-state index contributed by atoms with van der Waals surface area (Å²) in [4.78, 5) is 30.5. The van der Waals surface area contributed by atoms with Gasteiger partial charge in [-0.3, -0.25) is 16.6 Å². The van der Waals surface area contributed by atoms with Crippen LogP contribution in [0.1, 0.15) is 34.6 Å². The van der Waals surface area contributed by atoms with E-state index in [1.807, 2.05) is 0 Å². The minimum atomic E-state index is -0.638. The third kappa shape index (κ3) is 7.29. The molecular formula is C23H26ClFLrN4O3-2. The Kier molecular flexibility index (Phi) is 9.98. The molecule has 0 aliphatic heterocycles. The Morgan fingerprint density at radius 1 is 1.39 bits per heavy atom. The molecule has 2 amide bonds. The van der Waals surface area contributed by atoms with Gasteiger partial charge in [-0.15, -0.1) is 0 Å². The van der Waals surface area contributed by atoms with Crippen LogP contribution in [0.2, 0.25) is 5.02 Å². The molecule has 0 fully saturated rings. The van der Waals surface area contributed by atoms with Crippen molar-refractivity contribution in [3.8, 4) is 5.75 Å². The number of ether oxygens (including phenoxy) is 1. The van der Waals surface area contributed by atoms with E-state index in [9.17, 15) is 14.0 Å². The number of hydrogen-bond donors (Lipinski definition) is 1. The van der Waals surface area contributed by atoms with E-state index in [1.165, 1.54) is 29.3 Å². The molecule has 2 rings (SSSR count). The van der Waals surface area contributed by atoms with Crippen LogP contribution in [0.3, 0.4) is 0 Å². The summed E-state index contributed by atoms with van der Waals surface area (Å²) in [5, 5.41) is -0.000589. The predicted octanol–water partition coefficient (Wildman–Crippen LogP) is 3.69. The number of nitrogens with zero attached hydrogens (tertiary/aromatic N) is 3. The van der Waals surface area contributed by atoms with E-state index in [1.54, 1.807) is 37.4 Å². The topological polar surface area (TPSA) is 88.8 Å². The van der Waals surface area contributed by atoms with Crippen molar-refractivity contribution in [1.29, 1.82) is 0 Å². The van der Waals surface area contributed by atoms with E-state index in [2.05, 4.69) is 18.6 Å². The number of benzene rings is 1. The molecule has 2 N–H and O–H groups in total. The van der Waals surface area contributed by atoms with Gasteiger partial charge in [-0.2, -0.15) is 6.92 Å². The summed E-state index contributed by atoms with van der Waals surface area (Å²) in [5.74, 6) is -1.05. The molecule has 1 aromatic heterocycles. The number of nitrogens with two attached hydrogens (primary N) is 1. The first-order valence-corrected chi connectivity index (χ1v) is 10.2. The fraction of sp³-hybridized carbons (Fsp3) is 0.261. The van der Waals surface area contributed by atoms with Gasteiger partial charge in [0.05, 0.1) is 11.2 Å². The van der Waals surface area contributed by atoms with Crippen molar-refractivity contribution < 1.29 is 18.7 Å². The molecular weight excluding hydrogens is 697 g/mol. The summed E-state index contributed by atoms with van der Waals surface area (Å²) in [6.07, 6.45) is 1.99. The number of pyridine rings is 1. The molecule has 0 aliphatic carbocycles. The summed E-state index contributed by atoms with van der Waals surface area (Å²) in [7, 11) is 4.01. The number of amides is 2. The van der Waals surface area contributed by atoms with Crippen molar-refractivity contribution in [3.05, 3.63) is 84.4 Å². The van der Waals surface area contributed by atoms with E-state index in [0.29, 0.717) is 30.0 Å². The molecule has 0 saturated carbocycles. The van der Waals surface area contributed by atoms with Gasteiger partial charge in [-0.05, 0) is 48.9 Å². The second-order valence-electron chi connectivity index (χ2n) is 7.05. The van der Waals surface area contributed by atoms with Crippen molar-refractivity contribution in [1.82, 2.24) is 14.8 Å². The number of carbonyl (C=O) groups excluding carboxylic acids is 2. The number of aryl methyl sites for hydroxylation is 1. The van der Waals surface area contributed by atoms with Gasteiger partial charge >= 0.3 is 0 Å². The van der Waals surface area contributed by atoms with Gasteiger partial charge in [0.25, 0.3) is 5.91 Å². The van der Waals surface area contributed by atoms with Crippen LogP contribution in [0.25, 0.3) is 0 Å². The van der Waals surface area contributed by atoms with Crippen LogP contribution in [0.5, 0.6) is 5.75 Å². The third-order valence-electron chi connectivity index (χ3n) is 4.73. The molecule has 7 nitrogen and oxygen atoms in total. The Balaban J connectivity index is 0.00000544. The third-order valence-corrected chi connectivity index (χ3v) is 5.04. The van der Waals surface area contributed by atoms with Gasteiger partial charge in [0.2, 0.25) is 5.91 Å². The van der Waals surface area contributed by atoms with Gasteiger partial charge in [-0.25, -0.2) is 15.9 Å². The number of hydrogen-bond acceptors (Lipinski definition) is 5. The summed E-state index contributed by atoms with van der Waals surface area (Å²) < 4.78 is 20.2. The normalized spacial score (nSPS) is 11.5. The fourth-order valence-corrected chi connectivity index (χ4v) is 3.14. The van der Waals surface area contributed by atoms with Gasteiger partial charge in [-0.1, -0.05) is 24.2 Å². The van der Waals surface area contributed by atoms with E-state index in [-0.39, 0.29) is 23.2 Å². The second-order valence-corrected chi connectivity index (χ2v) is 7.46. The second kappa shape index (κ2) is 12.2. The molecule has 1 aromatic carbocycles. The molecule has 2 aromatic rings. The minimum Gasteiger partial charge on any atom is -0.489 e. The Hall–Kier alpha value is -3.97. The minimum absolute atomic E-state index is 0. The Morgan fingerprint density at radius 2 is 2.09 bits per heavy atom. The monoisotopic (exact) mass is 722 g/mol. The maximum absolute atomic E-state index is 14.1. The number of carbonyl (C=O) groups is 2. The molecule has 0 bridgehead atoms. The van der Waals surface area contributed by atoms with Crippen LogP contribution >= 0.6 is 11.6 Å². The van der Waals surface area contributed by atoms with Crippen molar-refractivity contribution in [2.75, 3.05) is 19.6 Å². The van der Waals surface area contributed by atoms with Crippen LogP contribution in [0, 0.1) is 26.3 Å². The average molecular weight is 723 g/mol. The van der Waals surface area contributed by atoms with E-state index < -0.39 is 17.8 Å². The Morgan fingerprint density at radius 3 is 2.64 bits per heavy atom. The standard InChI is InChI=1S/C23H26ClFN4O3.Lr/c1-5-21(30)29(6-2)10-9-28(4)14-20(16-7-8-18(24)19(25)12-16)32-17-11-15(3)22(23(26)31)27-13-17;/h5-8,11-13,20H,1,4,9-10,14H2,2-3H3,(H2,26,31);/q-2;. The maximum Gasteiger partial charge on any atom is 0.267 e. The van der Waals surface area contributed by atoms with Crippen LogP contribution in [-0.2, 0) is 4.79 Å². The number of aromatic nitrogens is 1. The first-order valence-electron chi connectivity index (χ1n) is 9.82. The zero-order valence-corrected chi connectivity index (χ0v) is 21.2. The number of primary amides is 1. The molecule has 0 saturated heterocycles. The molecule has 33 heavy (non-hydrogen) atoms. The van der Waals surface area contributed by atoms with Gasteiger partial charge in [0, 0.05) is 13.1 Å². The van der Waals surface area contributed by atoms with Crippen LogP contribution in [0.4, 0.5) is 4.39 Å². The Bertz CT molecular complexity index is 992. The fourth-order valence-electron chi connectivity index (χ4n) is 3.02. The molecule has 0 aliphatic rings. The van der Waals surface area contributed by atoms with Crippen LogP contribution in [0.15, 0.2) is 43.1 Å². The van der Waals surface area contributed by atoms with Crippen LogP contribution < -0.4 is 10.5 Å². The molecule has 187 valence electrons. The van der Waals surface area contributed by atoms with Crippen molar-refractivity contribution in [2.24, 2.45) is 5.73 Å². The Labute approximate surface area is 192 Å². The molecule has 1 heterocycles. The summed E-state index contributed by atoms with van der Waals surface area (Å²) in [6.45, 7) is 9.69. The molecule has 1 unspecified atom stereocenters. The molecule has 0 spiro atoms. The maximum atomic E-state index is 14.1. The zero-order valence-electron chi connectivity index (χ0n) is 18.3. The van der Waals surface area contributed by atoms with E-state index >= 15 is 0 Å². The van der Waals surface area contributed by atoms with Gasteiger partial charge < -0.3 is 20.3 Å². The number of rotatable bonds is 11. The van der Waals surface area contributed by atoms with Crippen molar-refractivity contribution in [2.45, 2.75) is 20.0 Å². The van der Waals surface area contributed by atoms with Gasteiger partial charge in [0.15, 0.2) is 0 Å². The average Bonchev–Trinajstić information content (AvgIpc) is 2.75. The zero-order chi connectivity index (χ0) is 23.8. The molecule has 1 radical (unpaired) electrons. The molecule has 10 heteroatoms. The molecule has 1 atom stereocenters. The van der Waals surface area contributed by atoms with Crippen LogP contribution in [-0.4, -0.2) is 46.2 Å². The van der Waals surface area contributed by atoms with Crippen molar-refractivity contribution in [3.63, 3.8) is 0 Å². The smallest absolute Gasteiger partial charge is 0.267 e. The first-order chi connectivity index (χ1) is 15.2. The summed E-state index contributed by atoms with van der Waals surface area (Å²) >= 11 is 5.82. The quantitative estimate of drug-likeness (QED) is 0.283. The number of halogens is 2. The van der Waals surface area contributed by atoms with E-state index in [0.717, 1.165) is 0 Å². The predicted molar refractivity (Wildman–Crippen MR) is 121 cm³/mol. The summed E-state index contributed by atoms with van der Waals surface area (Å²) in [6, 6.07) is 6.05. The SMILES string of the molecule is C=CC(=O)N([CH-]C)CCN([CH2-])CC(Oc1cnc(C(N)=O)c(C)c1)c1ccc(Cl)c(F)c1.[Lr]. The van der Waals surface area contributed by atoms with Gasteiger partial charge in [0.1, 0.15) is 23.4 Å². The largest absolute Gasteiger partial charge is 0.489 e. The summed E-state index contributed by atoms with van der Waals surface area (Å²) in [5.41, 5.74) is 6.55. The first kappa shape index (κ1) is 27.1.